The number of hydrogen-bond acceptors (Lipinski definition) is 5. The van der Waals surface area contributed by atoms with Gasteiger partial charge in [-0.15, -0.1) is 0 Å². The van der Waals surface area contributed by atoms with Gasteiger partial charge in [0, 0.05) is 32.2 Å². The number of carbonyl (C=O) groups is 1. The molecule has 0 aliphatic carbocycles. The van der Waals surface area contributed by atoms with Crippen LogP contribution in [0.3, 0.4) is 0 Å². The minimum atomic E-state index is -3.38. The Morgan fingerprint density at radius 1 is 1.27 bits per heavy atom. The van der Waals surface area contributed by atoms with Crippen LogP contribution in [-0.2, 0) is 19.4 Å². The lowest BCUT2D eigenvalue weighted by Gasteiger charge is -2.29. The zero-order valence-corrected chi connectivity index (χ0v) is 13.7. The molecule has 0 bridgehead atoms. The third-order valence-electron chi connectivity index (χ3n) is 3.65. The highest BCUT2D eigenvalue weighted by Crippen LogP contribution is 2.19. The minimum absolute atomic E-state index is 0.184. The van der Waals surface area contributed by atoms with Crippen molar-refractivity contribution in [3.63, 3.8) is 0 Å². The first-order valence-electron chi connectivity index (χ1n) is 7.31. The van der Waals surface area contributed by atoms with Gasteiger partial charge in [-0.2, -0.15) is 0 Å². The number of morpholine rings is 1. The summed E-state index contributed by atoms with van der Waals surface area (Å²) >= 11 is 0. The van der Waals surface area contributed by atoms with E-state index in [1.165, 1.54) is 19.1 Å². The van der Waals surface area contributed by atoms with Gasteiger partial charge in [0.25, 0.3) is 0 Å². The standard InChI is InChI=1S/C15H22N2O4S/c1-12(11-17-7-9-21-10-8-17)22(19,20)15-5-3-14(4-6-15)16-13(2)18/h3-6,12H,7-11H2,1-2H3,(H,16,18). The van der Waals surface area contributed by atoms with E-state index >= 15 is 0 Å². The molecule has 0 aromatic heterocycles. The van der Waals surface area contributed by atoms with Crippen molar-refractivity contribution in [3.8, 4) is 0 Å². The van der Waals surface area contributed by atoms with E-state index in [-0.39, 0.29) is 10.8 Å². The lowest BCUT2D eigenvalue weighted by molar-refractivity contribution is -0.114. The van der Waals surface area contributed by atoms with E-state index in [0.717, 1.165) is 13.1 Å². The fourth-order valence-electron chi connectivity index (χ4n) is 2.41. The van der Waals surface area contributed by atoms with E-state index in [1.807, 2.05) is 0 Å². The molecule has 0 saturated carbocycles. The molecule has 7 heteroatoms. The number of carbonyl (C=O) groups excluding carboxylic acids is 1. The highest BCUT2D eigenvalue weighted by Gasteiger charge is 2.26. The molecule has 1 heterocycles. The van der Waals surface area contributed by atoms with Crippen molar-refractivity contribution in [2.45, 2.75) is 24.0 Å². The van der Waals surface area contributed by atoms with E-state index in [2.05, 4.69) is 10.2 Å². The van der Waals surface area contributed by atoms with Crippen LogP contribution in [0.2, 0.25) is 0 Å². The van der Waals surface area contributed by atoms with Crippen molar-refractivity contribution in [1.82, 2.24) is 4.90 Å². The van der Waals surface area contributed by atoms with Gasteiger partial charge in [-0.25, -0.2) is 8.42 Å². The second kappa shape index (κ2) is 7.21. The van der Waals surface area contributed by atoms with Crippen molar-refractivity contribution in [1.29, 1.82) is 0 Å². The average molecular weight is 326 g/mol. The van der Waals surface area contributed by atoms with Gasteiger partial charge in [0.1, 0.15) is 0 Å². The van der Waals surface area contributed by atoms with E-state index in [0.29, 0.717) is 25.4 Å². The van der Waals surface area contributed by atoms with Gasteiger partial charge in [0.2, 0.25) is 5.91 Å². The van der Waals surface area contributed by atoms with Crippen LogP contribution in [0, 0.1) is 0 Å². The number of benzene rings is 1. The van der Waals surface area contributed by atoms with Crippen molar-refractivity contribution in [2.75, 3.05) is 38.2 Å². The van der Waals surface area contributed by atoms with Crippen LogP contribution in [0.15, 0.2) is 29.2 Å². The molecule has 1 amide bonds. The highest BCUT2D eigenvalue weighted by atomic mass is 32.2. The van der Waals surface area contributed by atoms with Gasteiger partial charge in [-0.3, -0.25) is 9.69 Å². The van der Waals surface area contributed by atoms with Crippen LogP contribution in [0.1, 0.15) is 13.8 Å². The van der Waals surface area contributed by atoms with Gasteiger partial charge in [-0.1, -0.05) is 0 Å². The van der Waals surface area contributed by atoms with E-state index in [4.69, 9.17) is 4.74 Å². The largest absolute Gasteiger partial charge is 0.379 e. The summed E-state index contributed by atoms with van der Waals surface area (Å²) < 4.78 is 30.5. The molecule has 1 aromatic rings. The SMILES string of the molecule is CC(=O)Nc1ccc(S(=O)(=O)C(C)CN2CCOCC2)cc1. The van der Waals surface area contributed by atoms with Gasteiger partial charge in [-0.05, 0) is 31.2 Å². The maximum atomic E-state index is 12.6. The summed E-state index contributed by atoms with van der Waals surface area (Å²) in [7, 11) is -3.38. The zero-order valence-electron chi connectivity index (χ0n) is 12.9. The fourth-order valence-corrected chi connectivity index (χ4v) is 3.80. The Labute approximate surface area is 131 Å². The lowest BCUT2D eigenvalue weighted by atomic mass is 10.3. The summed E-state index contributed by atoms with van der Waals surface area (Å²) in [6.07, 6.45) is 0. The molecule has 0 spiro atoms. The number of amides is 1. The summed E-state index contributed by atoms with van der Waals surface area (Å²) in [5.41, 5.74) is 0.590. The van der Waals surface area contributed by atoms with Gasteiger partial charge in [0.15, 0.2) is 9.84 Å². The van der Waals surface area contributed by atoms with Crippen molar-refractivity contribution in [2.24, 2.45) is 0 Å². The molecule has 1 saturated heterocycles. The normalized spacial score (nSPS) is 17.9. The molecular formula is C15H22N2O4S. The first-order chi connectivity index (χ1) is 10.4. The summed E-state index contributed by atoms with van der Waals surface area (Å²) in [6.45, 7) is 6.47. The maximum absolute atomic E-state index is 12.6. The molecule has 2 rings (SSSR count). The second-order valence-corrected chi connectivity index (χ2v) is 7.84. The molecule has 1 unspecified atom stereocenters. The minimum Gasteiger partial charge on any atom is -0.379 e. The Balaban J connectivity index is 2.06. The van der Waals surface area contributed by atoms with E-state index in [1.54, 1.807) is 19.1 Å². The van der Waals surface area contributed by atoms with Crippen LogP contribution in [-0.4, -0.2) is 57.3 Å². The monoisotopic (exact) mass is 326 g/mol. The number of sulfone groups is 1. The van der Waals surface area contributed by atoms with Crippen LogP contribution in [0.25, 0.3) is 0 Å². The Kier molecular flexibility index (Phi) is 5.55. The van der Waals surface area contributed by atoms with Crippen LogP contribution in [0.5, 0.6) is 0 Å². The highest BCUT2D eigenvalue weighted by molar-refractivity contribution is 7.92. The Morgan fingerprint density at radius 3 is 2.41 bits per heavy atom. The second-order valence-electron chi connectivity index (χ2n) is 5.47. The number of rotatable bonds is 5. The van der Waals surface area contributed by atoms with Crippen molar-refractivity contribution >= 4 is 21.4 Å². The third-order valence-corrected chi connectivity index (χ3v) is 5.79. The smallest absolute Gasteiger partial charge is 0.221 e. The fraction of sp³-hybridized carbons (Fsp3) is 0.533. The summed E-state index contributed by atoms with van der Waals surface area (Å²) in [5, 5.41) is 2.13. The van der Waals surface area contributed by atoms with Crippen molar-refractivity contribution < 1.29 is 17.9 Å². The summed E-state index contributed by atoms with van der Waals surface area (Å²) in [5.74, 6) is -0.184. The molecular weight excluding hydrogens is 304 g/mol. The number of hydrogen-bond donors (Lipinski definition) is 1. The summed E-state index contributed by atoms with van der Waals surface area (Å²) in [4.78, 5) is 13.4. The molecule has 1 N–H and O–H groups in total. The lowest BCUT2D eigenvalue weighted by Crippen LogP contribution is -2.42. The van der Waals surface area contributed by atoms with Gasteiger partial charge < -0.3 is 10.1 Å². The predicted molar refractivity (Wildman–Crippen MR) is 84.7 cm³/mol. The van der Waals surface area contributed by atoms with E-state index < -0.39 is 15.1 Å². The first-order valence-corrected chi connectivity index (χ1v) is 8.86. The van der Waals surface area contributed by atoms with Gasteiger partial charge in [0.05, 0.1) is 23.4 Å². The molecule has 0 radical (unpaired) electrons. The topological polar surface area (TPSA) is 75.7 Å². The van der Waals surface area contributed by atoms with Crippen LogP contribution >= 0.6 is 0 Å². The molecule has 22 heavy (non-hydrogen) atoms. The van der Waals surface area contributed by atoms with Crippen molar-refractivity contribution in [3.05, 3.63) is 24.3 Å². The molecule has 1 aliphatic heterocycles. The molecule has 1 aromatic carbocycles. The molecule has 1 fully saturated rings. The van der Waals surface area contributed by atoms with Crippen LogP contribution in [0.4, 0.5) is 5.69 Å². The Hall–Kier alpha value is -1.44. The summed E-state index contributed by atoms with van der Waals surface area (Å²) in [6, 6.07) is 6.29. The average Bonchev–Trinajstić information content (AvgIpc) is 2.48. The Morgan fingerprint density at radius 2 is 1.86 bits per heavy atom. The number of nitrogens with one attached hydrogen (secondary N) is 1. The number of ether oxygens (including phenoxy) is 1. The molecule has 1 aliphatic rings. The predicted octanol–water partition coefficient (Wildman–Crippen LogP) is 1.14. The van der Waals surface area contributed by atoms with Crippen LogP contribution < -0.4 is 5.32 Å². The van der Waals surface area contributed by atoms with Gasteiger partial charge >= 0.3 is 0 Å². The Bertz CT molecular complexity index is 607. The molecule has 1 atom stereocenters. The molecule has 122 valence electrons. The van der Waals surface area contributed by atoms with E-state index in [9.17, 15) is 13.2 Å². The molecule has 6 nitrogen and oxygen atoms in total. The third kappa shape index (κ3) is 4.28. The maximum Gasteiger partial charge on any atom is 0.221 e. The quantitative estimate of drug-likeness (QED) is 0.878. The number of anilines is 1. The first kappa shape index (κ1) is 16.9. The zero-order chi connectivity index (χ0) is 16.2. The number of nitrogens with zero attached hydrogens (tertiary/aromatic N) is 1.